The van der Waals surface area contributed by atoms with Crippen molar-refractivity contribution in [1.82, 2.24) is 24.6 Å². The summed E-state index contributed by atoms with van der Waals surface area (Å²) in [7, 11) is 0. The number of nitrogens with zero attached hydrogens (tertiary/aromatic N) is 5. The van der Waals surface area contributed by atoms with Gasteiger partial charge in [0.15, 0.2) is 12.4 Å². The Bertz CT molecular complexity index is 1300. The van der Waals surface area contributed by atoms with Gasteiger partial charge in [-0.2, -0.15) is 13.2 Å². The Morgan fingerprint density at radius 1 is 1.22 bits per heavy atom. The van der Waals surface area contributed by atoms with E-state index in [1.807, 2.05) is 0 Å². The third-order valence-electron chi connectivity index (χ3n) is 5.41. The number of fused-ring (bicyclic) bond motifs is 1. The Balaban J connectivity index is 1.49. The number of hydrogen-bond acceptors (Lipinski definition) is 7. The molecule has 14 heteroatoms. The predicted molar refractivity (Wildman–Crippen MR) is 116 cm³/mol. The summed E-state index contributed by atoms with van der Waals surface area (Å²) in [6.07, 6.45) is -4.43. The molecule has 3 aromatic rings. The number of anilines is 1. The van der Waals surface area contributed by atoms with E-state index in [2.05, 4.69) is 25.2 Å². The molecule has 0 unspecified atom stereocenters. The number of benzene rings is 1. The summed E-state index contributed by atoms with van der Waals surface area (Å²) in [4.78, 5) is 30.0. The van der Waals surface area contributed by atoms with E-state index >= 15 is 0 Å². The Morgan fingerprint density at radius 2 is 1.94 bits per heavy atom. The van der Waals surface area contributed by atoms with Crippen molar-refractivity contribution in [2.45, 2.75) is 32.2 Å². The van der Waals surface area contributed by atoms with Gasteiger partial charge >= 0.3 is 12.3 Å². The molecule has 0 fully saturated rings. The topological polar surface area (TPSA) is 122 Å². The number of aliphatic hydroxyl groups is 1. The zero-order valence-corrected chi connectivity index (χ0v) is 18.8. The molecule has 4 rings (SSSR count). The van der Waals surface area contributed by atoms with Crippen LogP contribution in [0.5, 0.6) is 0 Å². The van der Waals surface area contributed by atoms with Crippen LogP contribution in [0.2, 0.25) is 0 Å². The fourth-order valence-corrected chi connectivity index (χ4v) is 3.61. The molecule has 2 aromatic heterocycles. The minimum absolute atomic E-state index is 0.0981. The summed E-state index contributed by atoms with van der Waals surface area (Å²) in [5, 5.41) is 19.7. The summed E-state index contributed by atoms with van der Waals surface area (Å²) >= 11 is 0. The molecule has 2 amide bonds. The molecule has 1 aliphatic heterocycles. The van der Waals surface area contributed by atoms with Gasteiger partial charge in [-0.3, -0.25) is 9.69 Å². The minimum Gasteiger partial charge on any atom is -0.440 e. The van der Waals surface area contributed by atoms with Crippen molar-refractivity contribution in [3.05, 3.63) is 59.2 Å². The molecule has 0 aliphatic carbocycles. The SMILES string of the molecule is C[C@H](CO)n1cnnc1-c1cccc(NC(=O)c2cc3c(cc2F)CN(C(=O)OCC(F)(F)F)C3)n1. The highest BCUT2D eigenvalue weighted by Gasteiger charge is 2.33. The quantitative estimate of drug-likeness (QED) is 0.490. The number of carbonyl (C=O) groups excluding carboxylic acids is 2. The fourth-order valence-electron chi connectivity index (χ4n) is 3.61. The third kappa shape index (κ3) is 5.43. The van der Waals surface area contributed by atoms with Gasteiger partial charge < -0.3 is 19.7 Å². The van der Waals surface area contributed by atoms with Gasteiger partial charge in [-0.25, -0.2) is 14.2 Å². The highest BCUT2D eigenvalue weighted by Crippen LogP contribution is 2.28. The summed E-state index contributed by atoms with van der Waals surface area (Å²) in [6, 6.07) is 6.69. The van der Waals surface area contributed by atoms with Crippen molar-refractivity contribution in [2.24, 2.45) is 0 Å². The normalized spacial score (nSPS) is 13.9. The lowest BCUT2D eigenvalue weighted by molar-refractivity contribution is -0.162. The standard InChI is InChI=1S/C22H20F4N6O4/c1-12(9-33)32-11-27-30-19(32)17-3-2-4-18(28-17)29-20(34)15-5-13-7-31(8-14(13)6-16(15)23)21(35)36-10-22(24,25)26/h2-6,11-12,33H,7-10H2,1H3,(H,28,29,34)/t12-/m1/s1. The summed E-state index contributed by atoms with van der Waals surface area (Å²) in [5.41, 5.74) is 0.778. The smallest absolute Gasteiger partial charge is 0.422 e. The van der Waals surface area contributed by atoms with Crippen LogP contribution in [0.1, 0.15) is 34.5 Å². The van der Waals surface area contributed by atoms with Crippen LogP contribution in [0.4, 0.5) is 28.2 Å². The van der Waals surface area contributed by atoms with Crippen LogP contribution in [0.15, 0.2) is 36.7 Å². The van der Waals surface area contributed by atoms with Crippen LogP contribution >= 0.6 is 0 Å². The van der Waals surface area contributed by atoms with Gasteiger partial charge in [0.05, 0.1) is 18.2 Å². The van der Waals surface area contributed by atoms with Gasteiger partial charge in [-0.05, 0) is 42.3 Å². The molecule has 0 spiro atoms. The van der Waals surface area contributed by atoms with Crippen LogP contribution < -0.4 is 5.32 Å². The van der Waals surface area contributed by atoms with Crippen molar-refractivity contribution in [1.29, 1.82) is 0 Å². The van der Waals surface area contributed by atoms with Crippen molar-refractivity contribution < 1.29 is 37.0 Å². The van der Waals surface area contributed by atoms with E-state index in [1.54, 1.807) is 23.6 Å². The number of hydrogen-bond donors (Lipinski definition) is 2. The number of nitrogens with one attached hydrogen (secondary N) is 1. The van der Waals surface area contributed by atoms with Gasteiger partial charge in [0.25, 0.3) is 5.91 Å². The van der Waals surface area contributed by atoms with Crippen LogP contribution in [-0.2, 0) is 17.8 Å². The number of halogens is 4. The lowest BCUT2D eigenvalue weighted by Crippen LogP contribution is -2.30. The highest BCUT2D eigenvalue weighted by molar-refractivity contribution is 6.04. The van der Waals surface area contributed by atoms with E-state index in [-0.39, 0.29) is 37.1 Å². The second-order valence-electron chi connectivity index (χ2n) is 8.08. The van der Waals surface area contributed by atoms with E-state index in [0.717, 1.165) is 11.0 Å². The average Bonchev–Trinajstić information content (AvgIpc) is 3.48. The molecule has 1 aromatic carbocycles. The van der Waals surface area contributed by atoms with Gasteiger partial charge in [0.2, 0.25) is 0 Å². The summed E-state index contributed by atoms with van der Waals surface area (Å²) in [5.74, 6) is -1.23. The molecule has 36 heavy (non-hydrogen) atoms. The number of rotatable bonds is 6. The van der Waals surface area contributed by atoms with E-state index in [4.69, 9.17) is 0 Å². The summed E-state index contributed by atoms with van der Waals surface area (Å²) < 4.78 is 57.5. The van der Waals surface area contributed by atoms with E-state index < -0.39 is 30.6 Å². The maximum Gasteiger partial charge on any atom is 0.422 e. The monoisotopic (exact) mass is 508 g/mol. The Labute approximate surface area is 201 Å². The number of carbonyl (C=O) groups is 2. The maximum atomic E-state index is 14.7. The van der Waals surface area contributed by atoms with Gasteiger partial charge in [0.1, 0.15) is 23.7 Å². The second-order valence-corrected chi connectivity index (χ2v) is 8.08. The largest absolute Gasteiger partial charge is 0.440 e. The molecular weight excluding hydrogens is 488 g/mol. The molecule has 1 atom stereocenters. The Kier molecular flexibility index (Phi) is 6.88. The van der Waals surface area contributed by atoms with Crippen molar-refractivity contribution >= 4 is 17.8 Å². The number of amides is 2. The first kappa shape index (κ1) is 25.0. The Hall–Kier alpha value is -4.07. The lowest BCUT2D eigenvalue weighted by Gasteiger charge is -2.16. The van der Waals surface area contributed by atoms with E-state index in [0.29, 0.717) is 22.6 Å². The van der Waals surface area contributed by atoms with Crippen LogP contribution in [0.3, 0.4) is 0 Å². The van der Waals surface area contributed by atoms with Crippen LogP contribution in [0, 0.1) is 5.82 Å². The Morgan fingerprint density at radius 3 is 2.64 bits per heavy atom. The first-order valence-corrected chi connectivity index (χ1v) is 10.6. The van der Waals surface area contributed by atoms with Crippen LogP contribution in [0.25, 0.3) is 11.5 Å². The van der Waals surface area contributed by atoms with Gasteiger partial charge in [-0.1, -0.05) is 6.07 Å². The molecule has 10 nitrogen and oxygen atoms in total. The molecular formula is C22H20F4N6O4. The molecule has 3 heterocycles. The van der Waals surface area contributed by atoms with Crippen LogP contribution in [-0.4, -0.2) is 61.1 Å². The first-order valence-electron chi connectivity index (χ1n) is 10.6. The number of aromatic nitrogens is 4. The third-order valence-corrected chi connectivity index (χ3v) is 5.41. The lowest BCUT2D eigenvalue weighted by atomic mass is 10.1. The summed E-state index contributed by atoms with van der Waals surface area (Å²) in [6.45, 7) is -0.425. The van der Waals surface area contributed by atoms with Gasteiger partial charge in [-0.15, -0.1) is 10.2 Å². The molecule has 2 N–H and O–H groups in total. The van der Waals surface area contributed by atoms with E-state index in [1.165, 1.54) is 18.5 Å². The highest BCUT2D eigenvalue weighted by atomic mass is 19.4. The van der Waals surface area contributed by atoms with Crippen molar-refractivity contribution in [3.63, 3.8) is 0 Å². The number of ether oxygens (including phenoxy) is 1. The van der Waals surface area contributed by atoms with Gasteiger partial charge in [0, 0.05) is 13.1 Å². The van der Waals surface area contributed by atoms with Crippen molar-refractivity contribution in [3.8, 4) is 11.5 Å². The minimum atomic E-state index is -4.67. The second kappa shape index (κ2) is 9.89. The molecule has 0 saturated carbocycles. The zero-order valence-electron chi connectivity index (χ0n) is 18.8. The number of pyridine rings is 1. The molecule has 0 saturated heterocycles. The molecule has 0 bridgehead atoms. The first-order chi connectivity index (χ1) is 17.1. The maximum absolute atomic E-state index is 14.7. The molecule has 0 radical (unpaired) electrons. The fraction of sp³-hybridized carbons (Fsp3) is 0.318. The van der Waals surface area contributed by atoms with E-state index in [9.17, 15) is 32.3 Å². The molecule has 1 aliphatic rings. The predicted octanol–water partition coefficient (Wildman–Crippen LogP) is 3.30. The molecule has 190 valence electrons. The van der Waals surface area contributed by atoms with Crippen molar-refractivity contribution in [2.75, 3.05) is 18.5 Å². The number of alkyl halides is 3. The number of aliphatic hydroxyl groups excluding tert-OH is 1. The zero-order chi connectivity index (χ0) is 26.0. The average molecular weight is 508 g/mol.